The second-order valence-corrected chi connectivity index (χ2v) is 4.93. The quantitative estimate of drug-likeness (QED) is 0.879. The zero-order valence-electron chi connectivity index (χ0n) is 12.2. The number of carbonyl (C=O) groups excluding carboxylic acids is 1. The average molecular weight is 325 g/mol. The molecule has 2 aromatic rings. The van der Waals surface area contributed by atoms with Gasteiger partial charge in [-0.3, -0.25) is 0 Å². The van der Waals surface area contributed by atoms with E-state index >= 15 is 0 Å². The van der Waals surface area contributed by atoms with Gasteiger partial charge in [0.25, 0.3) is 0 Å². The number of hydrogen-bond acceptors (Lipinski definition) is 3. The first-order valence-corrected chi connectivity index (χ1v) is 7.20. The summed E-state index contributed by atoms with van der Waals surface area (Å²) >= 11 is 5.99. The number of halogens is 1. The SMILES string of the molecule is N#Cc1ccc(Cl)c(C#CCNC(=O)OCc2ccccc2)c1. The first kappa shape index (κ1) is 16.4. The van der Waals surface area contributed by atoms with E-state index in [1.54, 1.807) is 18.2 Å². The van der Waals surface area contributed by atoms with E-state index in [0.29, 0.717) is 16.1 Å². The molecule has 2 rings (SSSR count). The molecule has 4 nitrogen and oxygen atoms in total. The Hall–Kier alpha value is -2.95. The molecule has 0 fully saturated rings. The van der Waals surface area contributed by atoms with E-state index in [1.165, 1.54) is 0 Å². The molecule has 0 bridgehead atoms. The Morgan fingerprint density at radius 2 is 2.00 bits per heavy atom. The van der Waals surface area contributed by atoms with Gasteiger partial charge in [-0.05, 0) is 23.8 Å². The van der Waals surface area contributed by atoms with Crippen LogP contribution in [-0.2, 0) is 11.3 Å². The molecule has 0 radical (unpaired) electrons. The highest BCUT2D eigenvalue weighted by Crippen LogP contribution is 2.15. The highest BCUT2D eigenvalue weighted by Gasteiger charge is 2.01. The van der Waals surface area contributed by atoms with Crippen LogP contribution in [-0.4, -0.2) is 12.6 Å². The Bertz CT molecular complexity index is 786. The maximum Gasteiger partial charge on any atom is 0.408 e. The van der Waals surface area contributed by atoms with Crippen LogP contribution in [0.15, 0.2) is 48.5 Å². The van der Waals surface area contributed by atoms with E-state index in [1.807, 2.05) is 36.4 Å². The van der Waals surface area contributed by atoms with Gasteiger partial charge in [-0.2, -0.15) is 5.26 Å². The first-order chi connectivity index (χ1) is 11.2. The highest BCUT2D eigenvalue weighted by molar-refractivity contribution is 6.31. The van der Waals surface area contributed by atoms with Crippen LogP contribution in [0.4, 0.5) is 4.79 Å². The molecule has 0 atom stereocenters. The maximum absolute atomic E-state index is 11.5. The van der Waals surface area contributed by atoms with Gasteiger partial charge in [0.2, 0.25) is 0 Å². The van der Waals surface area contributed by atoms with Gasteiger partial charge in [-0.15, -0.1) is 0 Å². The summed E-state index contributed by atoms with van der Waals surface area (Å²) in [6.07, 6.45) is -0.542. The number of ether oxygens (including phenoxy) is 1. The van der Waals surface area contributed by atoms with E-state index in [0.717, 1.165) is 5.56 Å². The number of nitriles is 1. The van der Waals surface area contributed by atoms with Crippen molar-refractivity contribution in [2.24, 2.45) is 0 Å². The van der Waals surface area contributed by atoms with Gasteiger partial charge in [0.15, 0.2) is 0 Å². The summed E-state index contributed by atoms with van der Waals surface area (Å²) in [6, 6.07) is 16.2. The lowest BCUT2D eigenvalue weighted by molar-refractivity contribution is 0.141. The number of nitrogens with zero attached hydrogens (tertiary/aromatic N) is 1. The molecule has 23 heavy (non-hydrogen) atoms. The Morgan fingerprint density at radius 1 is 1.22 bits per heavy atom. The molecule has 0 saturated carbocycles. The Kier molecular flexibility index (Phi) is 6.06. The lowest BCUT2D eigenvalue weighted by atomic mass is 10.1. The molecule has 0 spiro atoms. The molecular formula is C18H13ClN2O2. The van der Waals surface area contributed by atoms with Crippen molar-refractivity contribution in [2.75, 3.05) is 6.54 Å². The monoisotopic (exact) mass is 324 g/mol. The zero-order valence-corrected chi connectivity index (χ0v) is 12.9. The Balaban J connectivity index is 1.81. The Labute approximate surface area is 139 Å². The molecule has 1 amide bonds. The predicted molar refractivity (Wildman–Crippen MR) is 87.7 cm³/mol. The third-order valence-corrected chi connectivity index (χ3v) is 3.18. The molecular weight excluding hydrogens is 312 g/mol. The molecule has 0 saturated heterocycles. The van der Waals surface area contributed by atoms with Crippen molar-refractivity contribution < 1.29 is 9.53 Å². The summed E-state index contributed by atoms with van der Waals surface area (Å²) in [5, 5.41) is 11.8. The number of amides is 1. The largest absolute Gasteiger partial charge is 0.445 e. The standard InChI is InChI=1S/C18H13ClN2O2/c19-17-9-8-15(12-20)11-16(17)7-4-10-21-18(22)23-13-14-5-2-1-3-6-14/h1-3,5-6,8-9,11H,10,13H2,(H,21,22). The molecule has 0 heterocycles. The van der Waals surface area contributed by atoms with Crippen molar-refractivity contribution in [3.63, 3.8) is 0 Å². The average Bonchev–Trinajstić information content (AvgIpc) is 2.59. The van der Waals surface area contributed by atoms with Gasteiger partial charge < -0.3 is 10.1 Å². The van der Waals surface area contributed by atoms with Crippen LogP contribution in [0.1, 0.15) is 16.7 Å². The molecule has 5 heteroatoms. The number of hydrogen-bond donors (Lipinski definition) is 1. The number of rotatable bonds is 3. The van der Waals surface area contributed by atoms with Gasteiger partial charge in [0, 0.05) is 5.56 Å². The molecule has 2 aromatic carbocycles. The van der Waals surface area contributed by atoms with Gasteiger partial charge >= 0.3 is 6.09 Å². The second-order valence-electron chi connectivity index (χ2n) is 4.52. The minimum absolute atomic E-state index is 0.126. The van der Waals surface area contributed by atoms with Gasteiger partial charge in [0.1, 0.15) is 6.61 Å². The molecule has 0 aliphatic heterocycles. The minimum atomic E-state index is -0.542. The van der Waals surface area contributed by atoms with Gasteiger partial charge in [-0.25, -0.2) is 4.79 Å². The van der Waals surface area contributed by atoms with Crippen LogP contribution in [0.3, 0.4) is 0 Å². The third-order valence-electron chi connectivity index (χ3n) is 2.85. The molecule has 0 aromatic heterocycles. The lowest BCUT2D eigenvalue weighted by Gasteiger charge is -2.04. The summed E-state index contributed by atoms with van der Waals surface area (Å²) in [4.78, 5) is 11.5. The smallest absolute Gasteiger partial charge is 0.408 e. The zero-order chi connectivity index (χ0) is 16.5. The molecule has 0 aliphatic carbocycles. The summed E-state index contributed by atoms with van der Waals surface area (Å²) in [5.74, 6) is 5.58. The van der Waals surface area contributed by atoms with Crippen molar-refractivity contribution in [3.8, 4) is 17.9 Å². The molecule has 0 aliphatic rings. The van der Waals surface area contributed by atoms with Crippen molar-refractivity contribution in [2.45, 2.75) is 6.61 Å². The first-order valence-electron chi connectivity index (χ1n) is 6.82. The predicted octanol–water partition coefficient (Wildman–Crippen LogP) is 3.49. The van der Waals surface area contributed by atoms with E-state index < -0.39 is 6.09 Å². The van der Waals surface area contributed by atoms with Crippen LogP contribution in [0.2, 0.25) is 5.02 Å². The van der Waals surface area contributed by atoms with Crippen LogP contribution >= 0.6 is 11.6 Å². The van der Waals surface area contributed by atoms with Crippen molar-refractivity contribution >= 4 is 17.7 Å². The van der Waals surface area contributed by atoms with Crippen LogP contribution in [0, 0.1) is 23.2 Å². The van der Waals surface area contributed by atoms with Crippen molar-refractivity contribution in [1.82, 2.24) is 5.32 Å². The third kappa shape index (κ3) is 5.39. The van der Waals surface area contributed by atoms with Crippen LogP contribution in [0.25, 0.3) is 0 Å². The van der Waals surface area contributed by atoms with Gasteiger partial charge in [0.05, 0.1) is 23.2 Å². The summed E-state index contributed by atoms with van der Waals surface area (Å²) < 4.78 is 5.05. The van der Waals surface area contributed by atoms with Crippen molar-refractivity contribution in [1.29, 1.82) is 5.26 Å². The fourth-order valence-electron chi connectivity index (χ4n) is 1.72. The molecule has 1 N–H and O–H groups in total. The fourth-order valence-corrected chi connectivity index (χ4v) is 1.89. The van der Waals surface area contributed by atoms with E-state index in [4.69, 9.17) is 21.6 Å². The van der Waals surface area contributed by atoms with Crippen LogP contribution in [0.5, 0.6) is 0 Å². The maximum atomic E-state index is 11.5. The highest BCUT2D eigenvalue weighted by atomic mass is 35.5. The number of alkyl carbamates (subject to hydrolysis) is 1. The second kappa shape index (κ2) is 8.48. The fraction of sp³-hybridized carbons (Fsp3) is 0.111. The van der Waals surface area contributed by atoms with Crippen LogP contribution < -0.4 is 5.32 Å². The normalized spacial score (nSPS) is 9.22. The molecule has 114 valence electrons. The topological polar surface area (TPSA) is 62.1 Å². The van der Waals surface area contributed by atoms with E-state index in [2.05, 4.69) is 17.2 Å². The molecule has 0 unspecified atom stereocenters. The van der Waals surface area contributed by atoms with E-state index in [-0.39, 0.29) is 13.2 Å². The lowest BCUT2D eigenvalue weighted by Crippen LogP contribution is -2.24. The number of carbonyl (C=O) groups is 1. The summed E-state index contributed by atoms with van der Waals surface area (Å²) in [6.45, 7) is 0.330. The van der Waals surface area contributed by atoms with Crippen molar-refractivity contribution in [3.05, 3.63) is 70.2 Å². The summed E-state index contributed by atoms with van der Waals surface area (Å²) in [5.41, 5.74) is 1.94. The summed E-state index contributed by atoms with van der Waals surface area (Å²) in [7, 11) is 0. The van der Waals surface area contributed by atoms with E-state index in [9.17, 15) is 4.79 Å². The minimum Gasteiger partial charge on any atom is -0.445 e. The van der Waals surface area contributed by atoms with Gasteiger partial charge in [-0.1, -0.05) is 53.8 Å². The number of benzene rings is 2. The number of nitrogens with one attached hydrogen (secondary N) is 1. The Morgan fingerprint density at radius 3 is 2.74 bits per heavy atom.